The fourth-order valence-electron chi connectivity index (χ4n) is 3.52. The van der Waals surface area contributed by atoms with Gasteiger partial charge >= 0.3 is 6.09 Å². The van der Waals surface area contributed by atoms with Crippen LogP contribution in [0, 0.1) is 0 Å². The molecule has 0 aliphatic heterocycles. The molecular weight excluding hydrogens is 324 g/mol. The minimum absolute atomic E-state index is 0.0690. The van der Waals surface area contributed by atoms with Crippen molar-refractivity contribution in [2.24, 2.45) is 0 Å². The first-order valence-corrected chi connectivity index (χ1v) is 8.62. The molecule has 0 fully saturated rings. The summed E-state index contributed by atoms with van der Waals surface area (Å²) in [5.41, 5.74) is 1.91. The maximum atomic E-state index is 11.9. The van der Waals surface area contributed by atoms with Crippen LogP contribution in [-0.2, 0) is 0 Å². The van der Waals surface area contributed by atoms with E-state index in [2.05, 4.69) is 17.0 Å². The van der Waals surface area contributed by atoms with Crippen molar-refractivity contribution in [1.29, 1.82) is 0 Å². The molecule has 1 aromatic carbocycles. The van der Waals surface area contributed by atoms with Crippen LogP contribution in [0.4, 0.5) is 4.79 Å². The first-order chi connectivity index (χ1) is 11.1. The molecule has 0 radical (unpaired) electrons. The zero-order valence-electron chi connectivity index (χ0n) is 15.1. The van der Waals surface area contributed by atoms with E-state index < -0.39 is 11.6 Å². The maximum absolute atomic E-state index is 11.9. The van der Waals surface area contributed by atoms with Crippen LogP contribution in [0.25, 0.3) is 5.57 Å². The number of halogens is 1. The van der Waals surface area contributed by atoms with E-state index in [1.54, 1.807) is 4.90 Å². The van der Waals surface area contributed by atoms with Gasteiger partial charge in [0.05, 0.1) is 6.04 Å². The molecule has 1 aromatic rings. The van der Waals surface area contributed by atoms with E-state index in [1.165, 1.54) is 5.57 Å². The number of likely N-dealkylation sites (N-methyl/N-ethyl adjacent to an activating group) is 1. The molecule has 0 bridgehead atoms. The lowest BCUT2D eigenvalue weighted by molar-refractivity contribution is 0.0377. The second-order valence-electron chi connectivity index (χ2n) is 7.60. The van der Waals surface area contributed by atoms with E-state index in [-0.39, 0.29) is 12.1 Å². The quantitative estimate of drug-likeness (QED) is 0.866. The van der Waals surface area contributed by atoms with Crippen molar-refractivity contribution in [3.8, 4) is 0 Å². The Kier molecular flexibility index (Phi) is 5.61. The lowest BCUT2D eigenvalue weighted by Gasteiger charge is -2.46. The predicted octanol–water partition coefficient (Wildman–Crippen LogP) is 4.59. The third-order valence-corrected chi connectivity index (χ3v) is 4.83. The molecule has 0 spiro atoms. The zero-order chi connectivity index (χ0) is 18.1. The van der Waals surface area contributed by atoms with Gasteiger partial charge in [-0.25, -0.2) is 4.79 Å². The van der Waals surface area contributed by atoms with Crippen LogP contribution in [0.5, 0.6) is 0 Å². The number of benzene rings is 1. The lowest BCUT2D eigenvalue weighted by atomic mass is 9.84. The molecule has 24 heavy (non-hydrogen) atoms. The Bertz CT molecular complexity index is 634. The van der Waals surface area contributed by atoms with Crippen molar-refractivity contribution in [3.63, 3.8) is 0 Å². The molecule has 0 saturated carbocycles. The van der Waals surface area contributed by atoms with E-state index in [9.17, 15) is 9.90 Å². The molecule has 1 amide bonds. The van der Waals surface area contributed by atoms with Gasteiger partial charge in [-0.3, -0.25) is 4.90 Å². The van der Waals surface area contributed by atoms with Gasteiger partial charge in [0.25, 0.3) is 0 Å². The summed E-state index contributed by atoms with van der Waals surface area (Å²) in [7, 11) is 4.03. The number of hydrogen-bond donors (Lipinski definition) is 1. The Labute approximate surface area is 149 Å². The Hall–Kier alpha value is -1.52. The monoisotopic (exact) mass is 350 g/mol. The molecule has 1 N–H and O–H groups in total. The Morgan fingerprint density at radius 2 is 1.92 bits per heavy atom. The van der Waals surface area contributed by atoms with E-state index in [0.717, 1.165) is 17.0 Å². The van der Waals surface area contributed by atoms with E-state index in [1.807, 2.05) is 53.1 Å². The number of amides is 1. The van der Waals surface area contributed by atoms with Crippen LogP contribution < -0.4 is 0 Å². The number of rotatable bonds is 3. The second-order valence-corrected chi connectivity index (χ2v) is 8.04. The minimum Gasteiger partial charge on any atom is -0.465 e. The van der Waals surface area contributed by atoms with Gasteiger partial charge < -0.3 is 10.0 Å². The standard InChI is InChI=1S/C19H27ClN2O2/c1-19(2,3)22(18(23)24)16-10-9-14(12-17(16)21(4)5)13-7-6-8-15(20)11-13/h6-9,11,16-17H,10,12H2,1-5H3,(H,23,24)/t16-,17-/m0/s1. The van der Waals surface area contributed by atoms with Crippen molar-refractivity contribution in [2.75, 3.05) is 14.1 Å². The van der Waals surface area contributed by atoms with Crippen LogP contribution in [-0.4, -0.2) is 52.7 Å². The summed E-state index contributed by atoms with van der Waals surface area (Å²) in [6.07, 6.45) is 2.81. The van der Waals surface area contributed by atoms with Crippen molar-refractivity contribution in [3.05, 3.63) is 40.9 Å². The van der Waals surface area contributed by atoms with Crippen LogP contribution in [0.3, 0.4) is 0 Å². The van der Waals surface area contributed by atoms with E-state index >= 15 is 0 Å². The van der Waals surface area contributed by atoms with Gasteiger partial charge in [-0.15, -0.1) is 0 Å². The molecule has 0 heterocycles. The SMILES string of the molecule is CN(C)[C@H]1CC(c2cccc(Cl)c2)=CC[C@@H]1N(C(=O)O)C(C)(C)C. The van der Waals surface area contributed by atoms with Crippen LogP contribution in [0.2, 0.25) is 5.02 Å². The Morgan fingerprint density at radius 3 is 2.42 bits per heavy atom. The summed E-state index contributed by atoms with van der Waals surface area (Å²) < 4.78 is 0. The molecule has 1 aliphatic carbocycles. The fourth-order valence-corrected chi connectivity index (χ4v) is 3.71. The van der Waals surface area contributed by atoms with Crippen molar-refractivity contribution < 1.29 is 9.90 Å². The average molecular weight is 351 g/mol. The minimum atomic E-state index is -0.862. The molecular formula is C19H27ClN2O2. The zero-order valence-corrected chi connectivity index (χ0v) is 15.8. The summed E-state index contributed by atoms with van der Waals surface area (Å²) >= 11 is 6.12. The highest BCUT2D eigenvalue weighted by atomic mass is 35.5. The molecule has 2 atom stereocenters. The smallest absolute Gasteiger partial charge is 0.408 e. The summed E-state index contributed by atoms with van der Waals surface area (Å²) in [5.74, 6) is 0. The topological polar surface area (TPSA) is 43.8 Å². The third-order valence-electron chi connectivity index (χ3n) is 4.60. The molecule has 5 heteroatoms. The highest BCUT2D eigenvalue weighted by Gasteiger charge is 2.40. The molecule has 132 valence electrons. The molecule has 0 unspecified atom stereocenters. The summed E-state index contributed by atoms with van der Waals surface area (Å²) in [5, 5.41) is 10.5. The van der Waals surface area contributed by atoms with Crippen molar-refractivity contribution in [2.45, 2.75) is 51.2 Å². The van der Waals surface area contributed by atoms with E-state index in [4.69, 9.17) is 11.6 Å². The predicted molar refractivity (Wildman–Crippen MR) is 99.5 cm³/mol. The van der Waals surface area contributed by atoms with Crippen molar-refractivity contribution >= 4 is 23.3 Å². The molecule has 2 rings (SSSR count). The van der Waals surface area contributed by atoms with Gasteiger partial charge in [-0.2, -0.15) is 0 Å². The Morgan fingerprint density at radius 1 is 1.25 bits per heavy atom. The van der Waals surface area contributed by atoms with E-state index in [0.29, 0.717) is 6.42 Å². The number of hydrogen-bond acceptors (Lipinski definition) is 2. The van der Waals surface area contributed by atoms with Gasteiger partial charge in [-0.1, -0.05) is 29.8 Å². The first kappa shape index (κ1) is 18.8. The number of carbonyl (C=O) groups is 1. The van der Waals surface area contributed by atoms with Gasteiger partial charge in [0.1, 0.15) is 0 Å². The second kappa shape index (κ2) is 7.16. The molecule has 0 saturated heterocycles. The summed E-state index contributed by atoms with van der Waals surface area (Å²) in [6, 6.07) is 7.91. The molecule has 0 aromatic heterocycles. The van der Waals surface area contributed by atoms with Crippen LogP contribution in [0.15, 0.2) is 30.3 Å². The fraction of sp³-hybridized carbons (Fsp3) is 0.526. The molecule has 4 nitrogen and oxygen atoms in total. The number of carboxylic acid groups (broad SMARTS) is 1. The summed E-state index contributed by atoms with van der Waals surface area (Å²) in [4.78, 5) is 15.6. The lowest BCUT2D eigenvalue weighted by Crippen LogP contribution is -2.58. The van der Waals surface area contributed by atoms with Gasteiger partial charge in [-0.05, 0) is 71.0 Å². The summed E-state index contributed by atoms with van der Waals surface area (Å²) in [6.45, 7) is 5.85. The van der Waals surface area contributed by atoms with Crippen LogP contribution in [0.1, 0.15) is 39.2 Å². The largest absolute Gasteiger partial charge is 0.465 e. The van der Waals surface area contributed by atoms with Gasteiger partial charge in [0.2, 0.25) is 0 Å². The average Bonchev–Trinajstić information content (AvgIpc) is 2.45. The highest BCUT2D eigenvalue weighted by Crippen LogP contribution is 2.35. The van der Waals surface area contributed by atoms with Gasteiger partial charge in [0, 0.05) is 16.6 Å². The molecule has 1 aliphatic rings. The third kappa shape index (κ3) is 4.11. The highest BCUT2D eigenvalue weighted by molar-refractivity contribution is 6.30. The Balaban J connectivity index is 2.37. The van der Waals surface area contributed by atoms with Gasteiger partial charge in [0.15, 0.2) is 0 Å². The normalized spacial score (nSPS) is 21.5. The van der Waals surface area contributed by atoms with Crippen LogP contribution >= 0.6 is 11.6 Å². The maximum Gasteiger partial charge on any atom is 0.408 e. The van der Waals surface area contributed by atoms with Crippen molar-refractivity contribution in [1.82, 2.24) is 9.80 Å². The number of nitrogens with zero attached hydrogens (tertiary/aromatic N) is 2. The first-order valence-electron chi connectivity index (χ1n) is 8.25.